The van der Waals surface area contributed by atoms with E-state index in [4.69, 9.17) is 5.73 Å². The van der Waals surface area contributed by atoms with Crippen molar-refractivity contribution < 1.29 is 0 Å². The first-order valence-corrected chi connectivity index (χ1v) is 5.09. The maximum Gasteiger partial charge on any atom is 0.0368 e. The molecule has 1 heterocycles. The van der Waals surface area contributed by atoms with Gasteiger partial charge in [0.2, 0.25) is 0 Å². The quantitative estimate of drug-likeness (QED) is 0.652. The molecular weight excluding hydrogens is 174 g/mol. The predicted molar refractivity (Wildman–Crippen MR) is 60.5 cm³/mol. The van der Waals surface area contributed by atoms with E-state index in [9.17, 15) is 0 Å². The van der Waals surface area contributed by atoms with Gasteiger partial charge in [-0.25, -0.2) is 0 Å². The third-order valence-electron chi connectivity index (χ3n) is 2.63. The first kappa shape index (κ1) is 9.34. The van der Waals surface area contributed by atoms with Gasteiger partial charge in [-0.2, -0.15) is 0 Å². The van der Waals surface area contributed by atoms with E-state index in [1.807, 2.05) is 12.1 Å². The Labute approximate surface area is 84.9 Å². The maximum absolute atomic E-state index is 5.65. The van der Waals surface area contributed by atoms with Crippen LogP contribution in [0.15, 0.2) is 24.3 Å². The summed E-state index contributed by atoms with van der Waals surface area (Å²) in [5.74, 6) is 0. The zero-order valence-electron chi connectivity index (χ0n) is 8.53. The third-order valence-corrected chi connectivity index (χ3v) is 2.63. The lowest BCUT2D eigenvalue weighted by molar-refractivity contribution is 0.485. The number of anilines is 2. The summed E-state index contributed by atoms with van der Waals surface area (Å²) < 4.78 is 0. The van der Waals surface area contributed by atoms with Gasteiger partial charge in [-0.1, -0.05) is 0 Å². The highest BCUT2D eigenvalue weighted by atomic mass is 15.2. The zero-order valence-corrected chi connectivity index (χ0v) is 8.53. The van der Waals surface area contributed by atoms with Crippen LogP contribution >= 0.6 is 0 Å². The largest absolute Gasteiger partial charge is 0.399 e. The molecule has 1 saturated heterocycles. The lowest BCUT2D eigenvalue weighted by Crippen LogP contribution is -2.49. The number of piperazine rings is 1. The minimum Gasteiger partial charge on any atom is -0.399 e. The number of hydrogen-bond donors (Lipinski definition) is 2. The van der Waals surface area contributed by atoms with Gasteiger partial charge in [-0.05, 0) is 31.2 Å². The van der Waals surface area contributed by atoms with Crippen LogP contribution in [-0.4, -0.2) is 25.7 Å². The number of hydrogen-bond acceptors (Lipinski definition) is 3. The van der Waals surface area contributed by atoms with Crippen molar-refractivity contribution in [1.29, 1.82) is 0 Å². The Hall–Kier alpha value is -1.22. The molecule has 3 nitrogen and oxygen atoms in total. The van der Waals surface area contributed by atoms with E-state index in [1.165, 1.54) is 5.69 Å². The fourth-order valence-electron chi connectivity index (χ4n) is 1.85. The van der Waals surface area contributed by atoms with Gasteiger partial charge in [-0.3, -0.25) is 0 Å². The van der Waals surface area contributed by atoms with Crippen molar-refractivity contribution >= 4 is 11.4 Å². The van der Waals surface area contributed by atoms with Crippen molar-refractivity contribution in [2.45, 2.75) is 13.0 Å². The highest BCUT2D eigenvalue weighted by molar-refractivity contribution is 5.53. The van der Waals surface area contributed by atoms with Crippen LogP contribution in [0.4, 0.5) is 11.4 Å². The van der Waals surface area contributed by atoms with Gasteiger partial charge in [0.05, 0.1) is 0 Å². The van der Waals surface area contributed by atoms with E-state index >= 15 is 0 Å². The molecule has 0 aromatic heterocycles. The molecule has 1 aromatic carbocycles. The molecule has 14 heavy (non-hydrogen) atoms. The van der Waals surface area contributed by atoms with E-state index in [0.717, 1.165) is 25.3 Å². The van der Waals surface area contributed by atoms with Gasteiger partial charge in [0.15, 0.2) is 0 Å². The van der Waals surface area contributed by atoms with Gasteiger partial charge in [0.25, 0.3) is 0 Å². The van der Waals surface area contributed by atoms with Crippen LogP contribution in [-0.2, 0) is 0 Å². The summed E-state index contributed by atoms with van der Waals surface area (Å²) in [6, 6.07) is 8.67. The lowest BCUT2D eigenvalue weighted by atomic mass is 10.2. The molecule has 0 amide bonds. The molecular formula is C11H17N3. The molecule has 0 bridgehead atoms. The Morgan fingerprint density at radius 2 is 2.07 bits per heavy atom. The molecule has 1 aliphatic rings. The SMILES string of the molecule is C[C@@H]1CN(c2ccc(N)cc2)CCN1. The van der Waals surface area contributed by atoms with Crippen molar-refractivity contribution in [2.75, 3.05) is 30.3 Å². The van der Waals surface area contributed by atoms with E-state index in [1.54, 1.807) is 0 Å². The molecule has 1 aromatic rings. The molecule has 3 N–H and O–H groups in total. The van der Waals surface area contributed by atoms with Crippen LogP contribution in [0, 0.1) is 0 Å². The first-order valence-electron chi connectivity index (χ1n) is 5.09. The highest BCUT2D eigenvalue weighted by Crippen LogP contribution is 2.17. The van der Waals surface area contributed by atoms with Crippen molar-refractivity contribution in [3.05, 3.63) is 24.3 Å². The summed E-state index contributed by atoms with van der Waals surface area (Å²) in [5, 5.41) is 3.43. The van der Waals surface area contributed by atoms with Crippen LogP contribution in [0.2, 0.25) is 0 Å². The van der Waals surface area contributed by atoms with E-state index in [0.29, 0.717) is 6.04 Å². The standard InChI is InChI=1S/C11H17N3/c1-9-8-14(7-6-13-9)11-4-2-10(12)3-5-11/h2-5,9,13H,6-8,12H2,1H3/t9-/m1/s1. The van der Waals surface area contributed by atoms with Crippen LogP contribution in [0.1, 0.15) is 6.92 Å². The van der Waals surface area contributed by atoms with Gasteiger partial charge < -0.3 is 16.0 Å². The molecule has 1 aliphatic heterocycles. The summed E-state index contributed by atoms with van der Waals surface area (Å²) in [6.45, 7) is 5.42. The second-order valence-corrected chi connectivity index (χ2v) is 3.89. The number of nitrogens with two attached hydrogens (primary N) is 1. The Balaban J connectivity index is 2.10. The third kappa shape index (κ3) is 1.99. The minimum absolute atomic E-state index is 0.571. The number of nitrogens with zero attached hydrogens (tertiary/aromatic N) is 1. The predicted octanol–water partition coefficient (Wildman–Crippen LogP) is 1.07. The smallest absolute Gasteiger partial charge is 0.0368 e. The van der Waals surface area contributed by atoms with Crippen molar-refractivity contribution in [2.24, 2.45) is 0 Å². The fraction of sp³-hybridized carbons (Fsp3) is 0.455. The molecule has 0 unspecified atom stereocenters. The fourth-order valence-corrected chi connectivity index (χ4v) is 1.85. The van der Waals surface area contributed by atoms with Gasteiger partial charge in [-0.15, -0.1) is 0 Å². The van der Waals surface area contributed by atoms with Crippen molar-refractivity contribution in [1.82, 2.24) is 5.32 Å². The second-order valence-electron chi connectivity index (χ2n) is 3.89. The van der Waals surface area contributed by atoms with Gasteiger partial charge in [0, 0.05) is 37.1 Å². The van der Waals surface area contributed by atoms with Crippen molar-refractivity contribution in [3.8, 4) is 0 Å². The Morgan fingerprint density at radius 3 is 2.71 bits per heavy atom. The van der Waals surface area contributed by atoms with Gasteiger partial charge in [0.1, 0.15) is 0 Å². The molecule has 1 atom stereocenters. The van der Waals surface area contributed by atoms with E-state index < -0.39 is 0 Å². The second kappa shape index (κ2) is 3.88. The lowest BCUT2D eigenvalue weighted by Gasteiger charge is -2.33. The highest BCUT2D eigenvalue weighted by Gasteiger charge is 2.15. The molecule has 0 radical (unpaired) electrons. The van der Waals surface area contributed by atoms with Crippen molar-refractivity contribution in [3.63, 3.8) is 0 Å². The number of nitrogen functional groups attached to an aromatic ring is 1. The molecule has 0 saturated carbocycles. The summed E-state index contributed by atoms with van der Waals surface area (Å²) in [6.07, 6.45) is 0. The maximum atomic E-state index is 5.65. The number of rotatable bonds is 1. The van der Waals surface area contributed by atoms with Crippen LogP contribution in [0.3, 0.4) is 0 Å². The summed E-state index contributed by atoms with van der Waals surface area (Å²) in [7, 11) is 0. The molecule has 2 rings (SSSR count). The normalized spacial score (nSPS) is 22.4. The number of nitrogens with one attached hydrogen (secondary N) is 1. The molecule has 0 spiro atoms. The summed E-state index contributed by atoms with van der Waals surface area (Å²) in [5.41, 5.74) is 7.75. The Bertz CT molecular complexity index is 294. The van der Waals surface area contributed by atoms with Crippen LogP contribution in [0.5, 0.6) is 0 Å². The Kier molecular flexibility index (Phi) is 2.59. The van der Waals surface area contributed by atoms with Crippen LogP contribution < -0.4 is 16.0 Å². The first-order chi connectivity index (χ1) is 6.75. The minimum atomic E-state index is 0.571. The number of benzene rings is 1. The average molecular weight is 191 g/mol. The Morgan fingerprint density at radius 1 is 1.36 bits per heavy atom. The van der Waals surface area contributed by atoms with E-state index in [2.05, 4.69) is 29.3 Å². The van der Waals surface area contributed by atoms with Gasteiger partial charge >= 0.3 is 0 Å². The summed E-state index contributed by atoms with van der Waals surface area (Å²) in [4.78, 5) is 2.39. The topological polar surface area (TPSA) is 41.3 Å². The molecule has 3 heteroatoms. The molecule has 0 aliphatic carbocycles. The zero-order chi connectivity index (χ0) is 9.97. The molecule has 76 valence electrons. The van der Waals surface area contributed by atoms with Crippen LogP contribution in [0.25, 0.3) is 0 Å². The van der Waals surface area contributed by atoms with E-state index in [-0.39, 0.29) is 0 Å². The summed E-state index contributed by atoms with van der Waals surface area (Å²) >= 11 is 0. The molecule has 1 fully saturated rings. The monoisotopic (exact) mass is 191 g/mol. The average Bonchev–Trinajstić information content (AvgIpc) is 2.19.